The van der Waals surface area contributed by atoms with Crippen LogP contribution in [0.4, 0.5) is 10.1 Å². The van der Waals surface area contributed by atoms with Crippen LogP contribution in [-0.4, -0.2) is 35.7 Å². The first kappa shape index (κ1) is 23.2. The maximum absolute atomic E-state index is 13.4. The minimum atomic E-state index is -0.452. The molecule has 3 amide bonds. The molecule has 0 radical (unpaired) electrons. The lowest BCUT2D eigenvalue weighted by Crippen LogP contribution is -2.41. The predicted octanol–water partition coefficient (Wildman–Crippen LogP) is 4.25. The molecule has 0 atom stereocenters. The summed E-state index contributed by atoms with van der Waals surface area (Å²) in [4.78, 5) is 39.9. The van der Waals surface area contributed by atoms with Crippen LogP contribution in [-0.2, 0) is 11.3 Å². The number of halogens is 1. The first-order valence-corrected chi connectivity index (χ1v) is 11.3. The van der Waals surface area contributed by atoms with Gasteiger partial charge < -0.3 is 15.5 Å². The number of nitrogens with one attached hydrogen (secondary N) is 2. The minimum absolute atomic E-state index is 0.179. The van der Waals surface area contributed by atoms with Crippen molar-refractivity contribution in [3.63, 3.8) is 0 Å². The van der Waals surface area contributed by atoms with E-state index < -0.39 is 5.82 Å². The molecular weight excluding hydrogens is 433 g/mol. The van der Waals surface area contributed by atoms with Crippen molar-refractivity contribution in [1.82, 2.24) is 10.2 Å². The highest BCUT2D eigenvalue weighted by atomic mass is 19.1. The number of likely N-dealkylation sites (tertiary alicyclic amines) is 1. The standard InChI is InChI=1S/C27H26FN3O3/c28-22-10-6-9-21(17-22)27(34)31-15-13-20(14-16-31)25(32)30-24-12-5-4-11-23(24)26(33)29-18-19-7-2-1-3-8-19/h1-12,17,20H,13-16,18H2,(H,29,33)(H,30,32). The molecule has 1 aliphatic rings. The van der Waals surface area contributed by atoms with Gasteiger partial charge in [0.05, 0.1) is 11.3 Å². The van der Waals surface area contributed by atoms with Crippen LogP contribution in [0.2, 0.25) is 0 Å². The van der Waals surface area contributed by atoms with Crippen LogP contribution < -0.4 is 10.6 Å². The molecule has 1 saturated heterocycles. The molecule has 0 bridgehead atoms. The van der Waals surface area contributed by atoms with Crippen molar-refractivity contribution in [3.8, 4) is 0 Å². The van der Waals surface area contributed by atoms with Crippen LogP contribution in [0.15, 0.2) is 78.9 Å². The van der Waals surface area contributed by atoms with Crippen molar-refractivity contribution in [3.05, 3.63) is 101 Å². The van der Waals surface area contributed by atoms with Gasteiger partial charge in [-0.3, -0.25) is 14.4 Å². The summed E-state index contributed by atoms with van der Waals surface area (Å²) in [5.41, 5.74) is 2.14. The van der Waals surface area contributed by atoms with Gasteiger partial charge in [0.1, 0.15) is 5.82 Å². The molecule has 34 heavy (non-hydrogen) atoms. The van der Waals surface area contributed by atoms with Crippen LogP contribution in [0.25, 0.3) is 0 Å². The fourth-order valence-corrected chi connectivity index (χ4v) is 4.05. The number of carbonyl (C=O) groups excluding carboxylic acids is 3. The van der Waals surface area contributed by atoms with Gasteiger partial charge in [0.15, 0.2) is 0 Å². The molecule has 6 nitrogen and oxygen atoms in total. The van der Waals surface area contributed by atoms with Gasteiger partial charge in [-0.15, -0.1) is 0 Å². The van der Waals surface area contributed by atoms with Gasteiger partial charge >= 0.3 is 0 Å². The van der Waals surface area contributed by atoms with Crippen molar-refractivity contribution in [1.29, 1.82) is 0 Å². The number of carbonyl (C=O) groups is 3. The van der Waals surface area contributed by atoms with Gasteiger partial charge in [-0.2, -0.15) is 0 Å². The molecule has 1 heterocycles. The average Bonchev–Trinajstić information content (AvgIpc) is 2.88. The van der Waals surface area contributed by atoms with E-state index in [2.05, 4.69) is 10.6 Å². The second kappa shape index (κ2) is 10.7. The van der Waals surface area contributed by atoms with Gasteiger partial charge in [-0.25, -0.2) is 4.39 Å². The summed E-state index contributed by atoms with van der Waals surface area (Å²) in [7, 11) is 0. The SMILES string of the molecule is O=C(NCc1ccccc1)c1ccccc1NC(=O)C1CCN(C(=O)c2cccc(F)c2)CC1. The third-order valence-electron chi connectivity index (χ3n) is 5.95. The number of para-hydroxylation sites is 1. The number of hydrogen-bond acceptors (Lipinski definition) is 3. The Morgan fingerprint density at radius 1 is 0.882 bits per heavy atom. The molecule has 1 fully saturated rings. The topological polar surface area (TPSA) is 78.5 Å². The first-order chi connectivity index (χ1) is 16.5. The lowest BCUT2D eigenvalue weighted by atomic mass is 9.95. The number of hydrogen-bond donors (Lipinski definition) is 2. The highest BCUT2D eigenvalue weighted by Crippen LogP contribution is 2.23. The fraction of sp³-hybridized carbons (Fsp3) is 0.222. The Morgan fingerprint density at radius 2 is 1.59 bits per heavy atom. The molecule has 3 aromatic rings. The van der Waals surface area contributed by atoms with E-state index in [9.17, 15) is 18.8 Å². The van der Waals surface area contributed by atoms with Gasteiger partial charge in [-0.05, 0) is 48.7 Å². The minimum Gasteiger partial charge on any atom is -0.348 e. The van der Waals surface area contributed by atoms with Crippen molar-refractivity contribution in [2.75, 3.05) is 18.4 Å². The number of benzene rings is 3. The largest absolute Gasteiger partial charge is 0.348 e. The van der Waals surface area contributed by atoms with Crippen LogP contribution >= 0.6 is 0 Å². The molecule has 0 spiro atoms. The van der Waals surface area contributed by atoms with Crippen LogP contribution in [0.1, 0.15) is 39.1 Å². The van der Waals surface area contributed by atoms with Gasteiger partial charge in [0, 0.05) is 31.1 Å². The summed E-state index contributed by atoms with van der Waals surface area (Å²) in [5, 5.41) is 5.77. The van der Waals surface area contributed by atoms with Gasteiger partial charge in [0.2, 0.25) is 5.91 Å². The number of piperidine rings is 1. The van der Waals surface area contributed by atoms with E-state index in [4.69, 9.17) is 0 Å². The van der Waals surface area contributed by atoms with E-state index in [1.807, 2.05) is 30.3 Å². The molecule has 1 aliphatic heterocycles. The summed E-state index contributed by atoms with van der Waals surface area (Å²) in [5.74, 6) is -1.42. The second-order valence-electron chi connectivity index (χ2n) is 8.28. The van der Waals surface area contributed by atoms with E-state index in [0.29, 0.717) is 49.3 Å². The van der Waals surface area contributed by atoms with E-state index in [1.165, 1.54) is 18.2 Å². The van der Waals surface area contributed by atoms with E-state index in [0.717, 1.165) is 5.56 Å². The first-order valence-electron chi connectivity index (χ1n) is 11.3. The highest BCUT2D eigenvalue weighted by molar-refractivity contribution is 6.04. The van der Waals surface area contributed by atoms with E-state index >= 15 is 0 Å². The zero-order valence-corrected chi connectivity index (χ0v) is 18.7. The molecule has 0 unspecified atom stereocenters. The number of anilines is 1. The van der Waals surface area contributed by atoms with Crippen molar-refractivity contribution >= 4 is 23.4 Å². The second-order valence-corrected chi connectivity index (χ2v) is 8.28. The fourth-order valence-electron chi connectivity index (χ4n) is 4.05. The van der Waals surface area contributed by atoms with Gasteiger partial charge in [-0.1, -0.05) is 48.5 Å². The van der Waals surface area contributed by atoms with Crippen molar-refractivity contribution in [2.24, 2.45) is 5.92 Å². The Kier molecular flexibility index (Phi) is 7.32. The maximum Gasteiger partial charge on any atom is 0.253 e. The Bertz CT molecular complexity index is 1170. The Morgan fingerprint density at radius 3 is 2.32 bits per heavy atom. The van der Waals surface area contributed by atoms with Gasteiger partial charge in [0.25, 0.3) is 11.8 Å². The average molecular weight is 460 g/mol. The monoisotopic (exact) mass is 459 g/mol. The summed E-state index contributed by atoms with van der Waals surface area (Å²) < 4.78 is 13.4. The number of nitrogens with zero attached hydrogens (tertiary/aromatic N) is 1. The molecule has 0 aromatic heterocycles. The zero-order valence-electron chi connectivity index (χ0n) is 18.7. The third kappa shape index (κ3) is 5.67. The van der Waals surface area contributed by atoms with Crippen LogP contribution in [0, 0.1) is 11.7 Å². The number of amides is 3. The summed E-state index contributed by atoms with van der Waals surface area (Å²) in [6, 6.07) is 22.1. The zero-order chi connectivity index (χ0) is 23.9. The van der Waals surface area contributed by atoms with Crippen LogP contribution in [0.5, 0.6) is 0 Å². The molecule has 0 aliphatic carbocycles. The molecule has 3 aromatic carbocycles. The molecule has 7 heteroatoms. The van der Waals surface area contributed by atoms with E-state index in [-0.39, 0.29) is 23.6 Å². The smallest absolute Gasteiger partial charge is 0.253 e. The number of rotatable bonds is 6. The van der Waals surface area contributed by atoms with Crippen LogP contribution in [0.3, 0.4) is 0 Å². The lowest BCUT2D eigenvalue weighted by Gasteiger charge is -2.31. The predicted molar refractivity (Wildman–Crippen MR) is 128 cm³/mol. The quantitative estimate of drug-likeness (QED) is 0.579. The third-order valence-corrected chi connectivity index (χ3v) is 5.95. The lowest BCUT2D eigenvalue weighted by molar-refractivity contribution is -0.121. The normalized spacial score (nSPS) is 13.9. The summed E-state index contributed by atoms with van der Waals surface area (Å²) >= 11 is 0. The Labute approximate surface area is 197 Å². The van der Waals surface area contributed by atoms with Crippen molar-refractivity contribution in [2.45, 2.75) is 19.4 Å². The summed E-state index contributed by atoms with van der Waals surface area (Å²) in [6.07, 6.45) is 0.991. The molecule has 4 rings (SSSR count). The maximum atomic E-state index is 13.4. The summed E-state index contributed by atoms with van der Waals surface area (Å²) in [6.45, 7) is 1.21. The Hall–Kier alpha value is -4.00. The molecule has 2 N–H and O–H groups in total. The van der Waals surface area contributed by atoms with Crippen molar-refractivity contribution < 1.29 is 18.8 Å². The highest BCUT2D eigenvalue weighted by Gasteiger charge is 2.28. The molecular formula is C27H26FN3O3. The molecule has 174 valence electrons. The van der Waals surface area contributed by atoms with E-state index in [1.54, 1.807) is 35.2 Å². The molecule has 0 saturated carbocycles. The Balaban J connectivity index is 1.34.